The minimum absolute atomic E-state index is 0.256. The van der Waals surface area contributed by atoms with Crippen LogP contribution >= 0.6 is 11.6 Å². The van der Waals surface area contributed by atoms with E-state index < -0.39 is 5.91 Å². The van der Waals surface area contributed by atoms with Gasteiger partial charge in [-0.15, -0.1) is 5.92 Å². The molecular formula is C21H31ClN2O2. The number of hydrogen-bond acceptors (Lipinski definition) is 3. The second-order valence-corrected chi connectivity index (χ2v) is 6.92. The summed E-state index contributed by atoms with van der Waals surface area (Å²) in [7, 11) is 0. The first kappa shape index (κ1) is 22.2. The molecule has 0 saturated heterocycles. The SMILES string of the molecule is CC#CC(C)Oc1c(C(N)=O)cc(Cl)c(N)c1CCCCCCCCC. The van der Waals surface area contributed by atoms with Gasteiger partial charge in [0.1, 0.15) is 5.75 Å². The zero-order valence-electron chi connectivity index (χ0n) is 16.2. The van der Waals surface area contributed by atoms with E-state index in [4.69, 9.17) is 27.8 Å². The van der Waals surface area contributed by atoms with E-state index in [1.807, 2.05) is 6.92 Å². The number of amides is 1. The Kier molecular flexibility index (Phi) is 9.98. The second kappa shape index (κ2) is 11.7. The Morgan fingerprint density at radius 2 is 1.85 bits per heavy atom. The number of nitrogens with two attached hydrogens (primary N) is 2. The van der Waals surface area contributed by atoms with Gasteiger partial charge in [-0.05, 0) is 32.8 Å². The van der Waals surface area contributed by atoms with Crippen LogP contribution in [-0.2, 0) is 6.42 Å². The number of halogens is 1. The van der Waals surface area contributed by atoms with Crippen LogP contribution in [0.5, 0.6) is 5.75 Å². The molecule has 0 spiro atoms. The highest BCUT2D eigenvalue weighted by molar-refractivity contribution is 6.33. The van der Waals surface area contributed by atoms with Crippen LogP contribution in [0.4, 0.5) is 5.69 Å². The van der Waals surface area contributed by atoms with Gasteiger partial charge in [0.25, 0.3) is 5.91 Å². The van der Waals surface area contributed by atoms with E-state index in [-0.39, 0.29) is 11.7 Å². The Balaban J connectivity index is 2.95. The monoisotopic (exact) mass is 378 g/mol. The molecule has 0 bridgehead atoms. The van der Waals surface area contributed by atoms with Gasteiger partial charge in [0.2, 0.25) is 0 Å². The lowest BCUT2D eigenvalue weighted by Crippen LogP contribution is -2.19. The number of anilines is 1. The van der Waals surface area contributed by atoms with Crippen LogP contribution in [-0.4, -0.2) is 12.0 Å². The highest BCUT2D eigenvalue weighted by Gasteiger charge is 2.21. The average Bonchev–Trinajstić information content (AvgIpc) is 2.59. The van der Waals surface area contributed by atoms with Crippen LogP contribution in [0.1, 0.15) is 81.6 Å². The van der Waals surface area contributed by atoms with E-state index in [1.165, 1.54) is 38.2 Å². The van der Waals surface area contributed by atoms with Crippen molar-refractivity contribution in [1.82, 2.24) is 0 Å². The fourth-order valence-corrected chi connectivity index (χ4v) is 3.16. The molecule has 1 aromatic rings. The number of unbranched alkanes of at least 4 members (excludes halogenated alkanes) is 6. The maximum absolute atomic E-state index is 11.9. The Bertz CT molecular complexity index is 662. The first-order chi connectivity index (χ1) is 12.4. The molecule has 4 N–H and O–H groups in total. The molecule has 26 heavy (non-hydrogen) atoms. The van der Waals surface area contributed by atoms with Crippen LogP contribution in [0.15, 0.2) is 6.07 Å². The summed E-state index contributed by atoms with van der Waals surface area (Å²) in [6.07, 6.45) is 8.64. The van der Waals surface area contributed by atoms with Gasteiger partial charge in [-0.2, -0.15) is 0 Å². The summed E-state index contributed by atoms with van der Waals surface area (Å²) in [5, 5.41) is 0.332. The first-order valence-corrected chi connectivity index (χ1v) is 9.79. The van der Waals surface area contributed by atoms with Crippen molar-refractivity contribution in [3.8, 4) is 17.6 Å². The predicted octanol–water partition coefficient (Wildman–Crippen LogP) is 5.10. The van der Waals surface area contributed by atoms with Crippen molar-refractivity contribution in [3.63, 3.8) is 0 Å². The molecule has 0 radical (unpaired) electrons. The third-order valence-electron chi connectivity index (χ3n) is 4.31. The van der Waals surface area contributed by atoms with Crippen molar-refractivity contribution < 1.29 is 9.53 Å². The maximum atomic E-state index is 11.9. The Morgan fingerprint density at radius 3 is 2.42 bits per heavy atom. The van der Waals surface area contributed by atoms with Crippen LogP contribution < -0.4 is 16.2 Å². The van der Waals surface area contributed by atoms with E-state index in [2.05, 4.69) is 18.8 Å². The second-order valence-electron chi connectivity index (χ2n) is 6.52. The van der Waals surface area contributed by atoms with Crippen molar-refractivity contribution in [1.29, 1.82) is 0 Å². The lowest BCUT2D eigenvalue weighted by molar-refractivity contribution is 0.0995. The van der Waals surface area contributed by atoms with Crippen molar-refractivity contribution >= 4 is 23.2 Å². The minimum atomic E-state index is -0.584. The fourth-order valence-electron chi connectivity index (χ4n) is 2.93. The van der Waals surface area contributed by atoms with E-state index >= 15 is 0 Å². The minimum Gasteiger partial charge on any atom is -0.477 e. The summed E-state index contributed by atoms with van der Waals surface area (Å²) in [4.78, 5) is 11.9. The molecule has 1 unspecified atom stereocenters. The zero-order valence-corrected chi connectivity index (χ0v) is 16.9. The predicted molar refractivity (Wildman–Crippen MR) is 110 cm³/mol. The largest absolute Gasteiger partial charge is 0.477 e. The summed E-state index contributed by atoms with van der Waals surface area (Å²) in [6, 6.07) is 1.48. The molecule has 0 saturated carbocycles. The quantitative estimate of drug-likeness (QED) is 0.319. The van der Waals surface area contributed by atoms with E-state index in [9.17, 15) is 4.79 Å². The van der Waals surface area contributed by atoms with Gasteiger partial charge in [0.05, 0.1) is 16.3 Å². The van der Waals surface area contributed by atoms with Gasteiger partial charge in [-0.1, -0.05) is 63.0 Å². The number of primary amides is 1. The number of carbonyl (C=O) groups is 1. The average molecular weight is 379 g/mol. The summed E-state index contributed by atoms with van der Waals surface area (Å²) in [5.41, 5.74) is 13.2. The summed E-state index contributed by atoms with van der Waals surface area (Å²) < 4.78 is 5.91. The topological polar surface area (TPSA) is 78.3 Å². The van der Waals surface area contributed by atoms with Gasteiger partial charge >= 0.3 is 0 Å². The molecule has 4 nitrogen and oxygen atoms in total. The molecule has 1 aromatic carbocycles. The summed E-state index contributed by atoms with van der Waals surface area (Å²) in [6.45, 7) is 5.78. The summed E-state index contributed by atoms with van der Waals surface area (Å²) in [5.74, 6) is 5.56. The summed E-state index contributed by atoms with van der Waals surface area (Å²) >= 11 is 6.21. The van der Waals surface area contributed by atoms with E-state index in [0.717, 1.165) is 18.4 Å². The molecule has 0 aliphatic carbocycles. The highest BCUT2D eigenvalue weighted by atomic mass is 35.5. The normalized spacial score (nSPS) is 11.5. The van der Waals surface area contributed by atoms with E-state index in [0.29, 0.717) is 22.9 Å². The lowest BCUT2D eigenvalue weighted by atomic mass is 9.99. The van der Waals surface area contributed by atoms with Gasteiger partial charge in [0.15, 0.2) is 6.10 Å². The third kappa shape index (κ3) is 6.80. The molecule has 1 atom stereocenters. The van der Waals surface area contributed by atoms with Crippen molar-refractivity contribution in [2.24, 2.45) is 5.73 Å². The van der Waals surface area contributed by atoms with Gasteiger partial charge in [-0.25, -0.2) is 0 Å². The lowest BCUT2D eigenvalue weighted by Gasteiger charge is -2.19. The molecule has 1 amide bonds. The van der Waals surface area contributed by atoms with E-state index in [1.54, 1.807) is 6.92 Å². The zero-order chi connectivity index (χ0) is 19.5. The Hall–Kier alpha value is -1.86. The Morgan fingerprint density at radius 1 is 1.23 bits per heavy atom. The van der Waals surface area contributed by atoms with Gasteiger partial charge < -0.3 is 16.2 Å². The number of ether oxygens (including phenoxy) is 1. The number of benzene rings is 1. The van der Waals surface area contributed by atoms with Gasteiger partial charge in [-0.3, -0.25) is 4.79 Å². The molecule has 1 rings (SSSR count). The molecule has 0 fully saturated rings. The van der Waals surface area contributed by atoms with Crippen molar-refractivity contribution in [2.45, 2.75) is 78.2 Å². The standard InChI is InChI=1S/C21H31ClN2O2/c1-4-6-7-8-9-10-11-13-16-19(23)18(22)14-17(21(24)25)20(16)26-15(3)12-5-2/h14-15H,4,6-11,13,23H2,1-3H3,(H2,24,25). The fraction of sp³-hybridized carbons (Fsp3) is 0.571. The van der Waals surface area contributed by atoms with Crippen LogP contribution in [0.25, 0.3) is 0 Å². The molecule has 144 valence electrons. The third-order valence-corrected chi connectivity index (χ3v) is 4.62. The van der Waals surface area contributed by atoms with Crippen LogP contribution in [0.3, 0.4) is 0 Å². The Labute approximate surface area is 162 Å². The number of carbonyl (C=O) groups excluding carboxylic acids is 1. The van der Waals surface area contributed by atoms with Crippen LogP contribution in [0.2, 0.25) is 5.02 Å². The number of rotatable bonds is 11. The number of hydrogen-bond donors (Lipinski definition) is 2. The first-order valence-electron chi connectivity index (χ1n) is 9.41. The molecule has 0 aliphatic heterocycles. The van der Waals surface area contributed by atoms with Crippen molar-refractivity contribution in [2.75, 3.05) is 5.73 Å². The van der Waals surface area contributed by atoms with Crippen molar-refractivity contribution in [3.05, 3.63) is 22.2 Å². The molecular weight excluding hydrogens is 348 g/mol. The highest BCUT2D eigenvalue weighted by Crippen LogP contribution is 2.36. The molecule has 0 aliphatic rings. The molecule has 0 heterocycles. The maximum Gasteiger partial charge on any atom is 0.252 e. The van der Waals surface area contributed by atoms with Crippen LogP contribution in [0, 0.1) is 11.8 Å². The van der Waals surface area contributed by atoms with Gasteiger partial charge in [0, 0.05) is 5.56 Å². The smallest absolute Gasteiger partial charge is 0.252 e. The number of nitrogen functional groups attached to an aromatic ring is 1. The molecule has 5 heteroatoms. The molecule has 0 aromatic heterocycles.